The van der Waals surface area contributed by atoms with E-state index in [-0.39, 0.29) is 16.2 Å². The lowest BCUT2D eigenvalue weighted by molar-refractivity contribution is 0.332. The van der Waals surface area contributed by atoms with Crippen LogP contribution in [-0.2, 0) is 10.8 Å². The molecule has 0 unspecified atom stereocenters. The van der Waals surface area contributed by atoms with Crippen molar-refractivity contribution in [1.29, 1.82) is 0 Å². The second kappa shape index (κ2) is 8.09. The van der Waals surface area contributed by atoms with Crippen molar-refractivity contribution in [3.63, 3.8) is 0 Å². The fraction of sp³-hybridized carbons (Fsp3) is 0.385. The van der Waals surface area contributed by atoms with Gasteiger partial charge in [-0.05, 0) is 69.7 Å². The van der Waals surface area contributed by atoms with Crippen LogP contribution >= 0.6 is 23.2 Å². The summed E-state index contributed by atoms with van der Waals surface area (Å²) in [5, 5.41) is 2.84. The van der Waals surface area contributed by atoms with Crippen molar-refractivity contribution >= 4 is 34.0 Å². The minimum Gasteiger partial charge on any atom is -0.109 e. The molecule has 3 aromatic carbocycles. The maximum atomic E-state index is 4.76. The molecule has 0 heterocycles. The van der Waals surface area contributed by atoms with Crippen molar-refractivity contribution in [3.8, 4) is 11.1 Å². The zero-order valence-electron chi connectivity index (χ0n) is 17.6. The Morgan fingerprint density at radius 1 is 0.679 bits per heavy atom. The third-order valence-corrected chi connectivity index (χ3v) is 6.18. The molecular weight excluding hydrogens is 383 g/mol. The van der Waals surface area contributed by atoms with E-state index in [9.17, 15) is 0 Å². The summed E-state index contributed by atoms with van der Waals surface area (Å²) in [6.45, 7) is 11.7. The Kier molecular flexibility index (Phi) is 6.13. The Balaban J connectivity index is 0.000000706. The molecule has 0 nitrogen and oxygen atoms in total. The van der Waals surface area contributed by atoms with E-state index in [1.807, 2.05) is 0 Å². The van der Waals surface area contributed by atoms with Gasteiger partial charge in [-0.25, -0.2) is 0 Å². The molecule has 3 aromatic rings. The van der Waals surface area contributed by atoms with Crippen molar-refractivity contribution in [2.24, 2.45) is 0 Å². The van der Waals surface area contributed by atoms with Crippen molar-refractivity contribution in [3.05, 3.63) is 71.3 Å². The minimum atomic E-state index is 0.194. The largest absolute Gasteiger partial charge is 0.109 e. The van der Waals surface area contributed by atoms with E-state index in [0.717, 1.165) is 0 Å². The van der Waals surface area contributed by atoms with Gasteiger partial charge in [0.2, 0.25) is 0 Å². The lowest BCUT2D eigenvalue weighted by Gasteiger charge is -2.42. The Morgan fingerprint density at radius 3 is 1.86 bits per heavy atom. The van der Waals surface area contributed by atoms with Crippen molar-refractivity contribution in [2.75, 3.05) is 5.34 Å². The van der Waals surface area contributed by atoms with E-state index in [2.05, 4.69) is 89.2 Å². The summed E-state index contributed by atoms with van der Waals surface area (Å²) in [6, 6.07) is 20.7. The van der Waals surface area contributed by atoms with Crippen molar-refractivity contribution in [2.45, 2.75) is 58.3 Å². The van der Waals surface area contributed by atoms with E-state index >= 15 is 0 Å². The molecule has 0 saturated heterocycles. The highest BCUT2D eigenvalue weighted by molar-refractivity contribution is 6.40. The third-order valence-electron chi connectivity index (χ3n) is 6.18. The molecule has 1 aliphatic carbocycles. The second-order valence-corrected chi connectivity index (χ2v) is 10.0. The van der Waals surface area contributed by atoms with Crippen LogP contribution in [0.4, 0.5) is 0 Å². The summed E-state index contributed by atoms with van der Waals surface area (Å²) in [7, 11) is 0. The Bertz CT molecular complexity index is 983. The molecular formula is C26H30Cl2. The summed E-state index contributed by atoms with van der Waals surface area (Å²) in [5.74, 6) is 0. The molecule has 0 spiro atoms. The van der Waals surface area contributed by atoms with E-state index in [1.165, 1.54) is 51.4 Å². The molecule has 0 atom stereocenters. The van der Waals surface area contributed by atoms with Gasteiger partial charge in [-0.15, -0.1) is 23.2 Å². The zero-order valence-corrected chi connectivity index (χ0v) is 19.1. The molecule has 1 aliphatic rings. The molecule has 0 bridgehead atoms. The molecule has 28 heavy (non-hydrogen) atoms. The number of aryl methyl sites for hydroxylation is 1. The summed E-state index contributed by atoms with van der Waals surface area (Å²) in [5.41, 5.74) is 7.58. The van der Waals surface area contributed by atoms with Gasteiger partial charge in [0, 0.05) is 0 Å². The summed E-state index contributed by atoms with van der Waals surface area (Å²) in [4.78, 5) is 0. The zero-order chi connectivity index (χ0) is 20.5. The second-order valence-electron chi connectivity index (χ2n) is 9.19. The Morgan fingerprint density at radius 2 is 1.18 bits per heavy atom. The van der Waals surface area contributed by atoms with Gasteiger partial charge in [0.15, 0.2) is 0 Å². The van der Waals surface area contributed by atoms with Gasteiger partial charge in [0.25, 0.3) is 0 Å². The van der Waals surface area contributed by atoms with E-state index in [0.29, 0.717) is 0 Å². The minimum absolute atomic E-state index is 0.194. The first-order valence-corrected chi connectivity index (χ1v) is 11.0. The summed E-state index contributed by atoms with van der Waals surface area (Å²) >= 11 is 9.53. The average molecular weight is 413 g/mol. The van der Waals surface area contributed by atoms with Crippen LogP contribution in [0.3, 0.4) is 0 Å². The van der Waals surface area contributed by atoms with Gasteiger partial charge < -0.3 is 0 Å². The number of hydrogen-bond acceptors (Lipinski definition) is 0. The molecule has 0 amide bonds. The first-order valence-electron chi connectivity index (χ1n) is 9.96. The number of hydrogen-bond donors (Lipinski definition) is 0. The predicted molar refractivity (Wildman–Crippen MR) is 126 cm³/mol. The molecule has 0 radical (unpaired) electrons. The Labute approximate surface area is 179 Å². The highest BCUT2D eigenvalue weighted by Gasteiger charge is 2.36. The van der Waals surface area contributed by atoms with Crippen LogP contribution in [0.2, 0.25) is 0 Å². The fourth-order valence-corrected chi connectivity index (χ4v) is 4.31. The van der Waals surface area contributed by atoms with E-state index in [4.69, 9.17) is 23.2 Å². The predicted octanol–water partition coefficient (Wildman–Crippen LogP) is 8.59. The standard InChI is InChI=1S/C25H28.CH2Cl2/c1-17-6-7-19-15-20(9-8-18(19)14-17)21-10-11-22-23(16-21)25(4,5)13-12-24(22,2)3;2-1-3/h6-11,14-16H,12-13H2,1-5H3;1H2. The van der Waals surface area contributed by atoms with Crippen LogP contribution < -0.4 is 0 Å². The van der Waals surface area contributed by atoms with Gasteiger partial charge in [-0.3, -0.25) is 0 Å². The highest BCUT2D eigenvalue weighted by atomic mass is 35.5. The van der Waals surface area contributed by atoms with Crippen molar-refractivity contribution in [1.82, 2.24) is 0 Å². The van der Waals surface area contributed by atoms with Crippen LogP contribution in [0.1, 0.15) is 57.2 Å². The topological polar surface area (TPSA) is 0 Å². The van der Waals surface area contributed by atoms with Gasteiger partial charge in [0.05, 0.1) is 5.34 Å². The van der Waals surface area contributed by atoms with Gasteiger partial charge in [-0.2, -0.15) is 0 Å². The molecule has 4 rings (SSSR count). The van der Waals surface area contributed by atoms with Crippen LogP contribution in [0.25, 0.3) is 21.9 Å². The number of halogens is 2. The highest BCUT2D eigenvalue weighted by Crippen LogP contribution is 2.46. The molecule has 0 aliphatic heterocycles. The van der Waals surface area contributed by atoms with E-state index in [1.54, 1.807) is 0 Å². The van der Waals surface area contributed by atoms with Gasteiger partial charge in [-0.1, -0.05) is 81.8 Å². The molecule has 148 valence electrons. The SMILES string of the molecule is Cc1ccc2cc(-c3ccc4c(c3)C(C)(C)CCC4(C)C)ccc2c1.ClCCl. The average Bonchev–Trinajstić information content (AvgIpc) is 2.65. The van der Waals surface area contributed by atoms with Crippen molar-refractivity contribution < 1.29 is 0 Å². The fourth-order valence-electron chi connectivity index (χ4n) is 4.31. The van der Waals surface area contributed by atoms with Crippen LogP contribution in [-0.4, -0.2) is 5.34 Å². The van der Waals surface area contributed by atoms with Crippen LogP contribution in [0, 0.1) is 6.92 Å². The smallest absolute Gasteiger partial charge is 0.0967 e. The monoisotopic (exact) mass is 412 g/mol. The number of fused-ring (bicyclic) bond motifs is 2. The quantitative estimate of drug-likeness (QED) is 0.350. The van der Waals surface area contributed by atoms with Crippen LogP contribution in [0.5, 0.6) is 0 Å². The normalized spacial score (nSPS) is 16.8. The number of alkyl halides is 2. The summed E-state index contributed by atoms with van der Waals surface area (Å²) in [6.07, 6.45) is 2.52. The van der Waals surface area contributed by atoms with E-state index < -0.39 is 0 Å². The number of rotatable bonds is 1. The molecule has 0 saturated carbocycles. The lowest BCUT2D eigenvalue weighted by Crippen LogP contribution is -2.33. The van der Waals surface area contributed by atoms with Crippen LogP contribution in [0.15, 0.2) is 54.6 Å². The maximum absolute atomic E-state index is 4.76. The lowest BCUT2D eigenvalue weighted by atomic mass is 9.63. The molecule has 2 heteroatoms. The molecule has 0 fully saturated rings. The maximum Gasteiger partial charge on any atom is 0.0967 e. The number of benzene rings is 3. The Hall–Kier alpha value is -1.50. The molecule has 0 N–H and O–H groups in total. The molecule has 0 aromatic heterocycles. The van der Waals surface area contributed by atoms with Gasteiger partial charge >= 0.3 is 0 Å². The first-order chi connectivity index (χ1) is 13.2. The first kappa shape index (κ1) is 21.2. The summed E-state index contributed by atoms with van der Waals surface area (Å²) < 4.78 is 0. The van der Waals surface area contributed by atoms with Gasteiger partial charge in [0.1, 0.15) is 0 Å². The third kappa shape index (κ3) is 4.24.